The van der Waals surface area contributed by atoms with Crippen molar-refractivity contribution in [2.75, 3.05) is 5.32 Å². The first-order chi connectivity index (χ1) is 10.2. The fraction of sp³-hybridized carbons (Fsp3) is 0.118. The monoisotopic (exact) mass is 280 g/mol. The van der Waals surface area contributed by atoms with E-state index < -0.39 is 5.97 Å². The van der Waals surface area contributed by atoms with Crippen LogP contribution < -0.4 is 5.32 Å². The number of rotatable bonds is 4. The molecule has 1 heterocycles. The van der Waals surface area contributed by atoms with E-state index in [2.05, 4.69) is 16.4 Å². The van der Waals surface area contributed by atoms with Crippen molar-refractivity contribution in [2.45, 2.75) is 13.5 Å². The number of aromatic nitrogens is 1. The molecule has 4 heteroatoms. The SMILES string of the molecule is Cc1c(NCc2cccc3[nH]ccc23)cccc1C(=O)O. The lowest BCUT2D eigenvalue weighted by Crippen LogP contribution is -2.05. The second kappa shape index (κ2) is 5.32. The summed E-state index contributed by atoms with van der Waals surface area (Å²) in [5.74, 6) is -0.899. The summed E-state index contributed by atoms with van der Waals surface area (Å²) in [4.78, 5) is 14.3. The highest BCUT2D eigenvalue weighted by Crippen LogP contribution is 2.22. The Morgan fingerprint density at radius 1 is 1.19 bits per heavy atom. The third-order valence-corrected chi connectivity index (χ3v) is 3.72. The van der Waals surface area contributed by atoms with E-state index in [1.54, 1.807) is 12.1 Å². The van der Waals surface area contributed by atoms with Crippen molar-refractivity contribution in [2.24, 2.45) is 0 Å². The fourth-order valence-corrected chi connectivity index (χ4v) is 2.55. The Hall–Kier alpha value is -2.75. The Morgan fingerprint density at radius 3 is 2.81 bits per heavy atom. The minimum atomic E-state index is -0.899. The van der Waals surface area contributed by atoms with Gasteiger partial charge in [0, 0.05) is 29.3 Å². The average molecular weight is 280 g/mol. The molecule has 3 aromatic rings. The van der Waals surface area contributed by atoms with E-state index in [-0.39, 0.29) is 0 Å². The quantitative estimate of drug-likeness (QED) is 0.681. The number of aromatic amines is 1. The van der Waals surface area contributed by atoms with Gasteiger partial charge < -0.3 is 15.4 Å². The van der Waals surface area contributed by atoms with Crippen molar-refractivity contribution in [3.05, 3.63) is 65.4 Å². The van der Waals surface area contributed by atoms with E-state index in [0.717, 1.165) is 16.8 Å². The summed E-state index contributed by atoms with van der Waals surface area (Å²) in [6.45, 7) is 2.47. The number of H-pyrrole nitrogens is 1. The number of carboxylic acids is 1. The number of fused-ring (bicyclic) bond motifs is 1. The molecule has 0 bridgehead atoms. The summed E-state index contributed by atoms with van der Waals surface area (Å²) in [5.41, 5.74) is 4.22. The molecule has 106 valence electrons. The van der Waals surface area contributed by atoms with Crippen LogP contribution in [0.25, 0.3) is 10.9 Å². The molecule has 3 N–H and O–H groups in total. The number of aromatic carboxylic acids is 1. The van der Waals surface area contributed by atoms with Crippen LogP contribution in [0.3, 0.4) is 0 Å². The molecule has 0 unspecified atom stereocenters. The largest absolute Gasteiger partial charge is 0.478 e. The zero-order valence-electron chi connectivity index (χ0n) is 11.7. The van der Waals surface area contributed by atoms with Gasteiger partial charge >= 0.3 is 5.97 Å². The van der Waals surface area contributed by atoms with Gasteiger partial charge in [-0.25, -0.2) is 4.79 Å². The molecule has 0 amide bonds. The number of carboxylic acid groups (broad SMARTS) is 1. The molecule has 2 aromatic carbocycles. The van der Waals surface area contributed by atoms with Crippen molar-refractivity contribution >= 4 is 22.6 Å². The van der Waals surface area contributed by atoms with Crippen LogP contribution in [0.2, 0.25) is 0 Å². The predicted octanol–water partition coefficient (Wildman–Crippen LogP) is 3.79. The normalized spacial score (nSPS) is 10.7. The second-order valence-corrected chi connectivity index (χ2v) is 4.99. The van der Waals surface area contributed by atoms with Gasteiger partial charge in [0.05, 0.1) is 5.56 Å². The lowest BCUT2D eigenvalue weighted by atomic mass is 10.1. The molecule has 1 aromatic heterocycles. The Balaban J connectivity index is 1.87. The first-order valence-corrected chi connectivity index (χ1v) is 6.78. The van der Waals surface area contributed by atoms with Gasteiger partial charge in [0.1, 0.15) is 0 Å². The molecular weight excluding hydrogens is 264 g/mol. The first-order valence-electron chi connectivity index (χ1n) is 6.78. The van der Waals surface area contributed by atoms with Gasteiger partial charge in [0.15, 0.2) is 0 Å². The summed E-state index contributed by atoms with van der Waals surface area (Å²) in [6.07, 6.45) is 1.92. The van der Waals surface area contributed by atoms with Crippen molar-refractivity contribution in [3.8, 4) is 0 Å². The topological polar surface area (TPSA) is 65.1 Å². The van der Waals surface area contributed by atoms with Crippen LogP contribution in [0.4, 0.5) is 5.69 Å². The predicted molar refractivity (Wildman–Crippen MR) is 83.8 cm³/mol. The zero-order valence-corrected chi connectivity index (χ0v) is 11.7. The maximum absolute atomic E-state index is 11.2. The number of benzene rings is 2. The Labute approximate surface area is 122 Å². The minimum absolute atomic E-state index is 0.333. The average Bonchev–Trinajstić information content (AvgIpc) is 2.95. The smallest absolute Gasteiger partial charge is 0.336 e. The van der Waals surface area contributed by atoms with E-state index in [1.807, 2.05) is 37.4 Å². The van der Waals surface area contributed by atoms with Crippen LogP contribution in [-0.2, 0) is 6.54 Å². The van der Waals surface area contributed by atoms with Gasteiger partial charge in [0.2, 0.25) is 0 Å². The third kappa shape index (κ3) is 2.48. The molecule has 0 saturated heterocycles. The van der Waals surface area contributed by atoms with E-state index >= 15 is 0 Å². The summed E-state index contributed by atoms with van der Waals surface area (Å²) in [5, 5.41) is 13.7. The highest BCUT2D eigenvalue weighted by atomic mass is 16.4. The molecule has 0 fully saturated rings. The van der Waals surface area contributed by atoms with Gasteiger partial charge in [-0.2, -0.15) is 0 Å². The van der Waals surface area contributed by atoms with E-state index in [4.69, 9.17) is 5.11 Å². The van der Waals surface area contributed by atoms with Crippen molar-refractivity contribution < 1.29 is 9.90 Å². The molecule has 3 rings (SSSR count). The van der Waals surface area contributed by atoms with Crippen LogP contribution >= 0.6 is 0 Å². The number of hydrogen-bond acceptors (Lipinski definition) is 2. The zero-order chi connectivity index (χ0) is 14.8. The highest BCUT2D eigenvalue weighted by molar-refractivity contribution is 5.91. The van der Waals surface area contributed by atoms with Gasteiger partial charge in [-0.05, 0) is 42.3 Å². The maximum atomic E-state index is 11.2. The van der Waals surface area contributed by atoms with Crippen molar-refractivity contribution in [1.82, 2.24) is 4.98 Å². The van der Waals surface area contributed by atoms with Crippen LogP contribution in [0.1, 0.15) is 21.5 Å². The molecule has 21 heavy (non-hydrogen) atoms. The molecule has 0 aliphatic carbocycles. The Morgan fingerprint density at radius 2 is 2.00 bits per heavy atom. The molecule has 0 radical (unpaired) electrons. The summed E-state index contributed by atoms with van der Waals surface area (Å²) < 4.78 is 0. The first kappa shape index (κ1) is 13.2. The molecule has 0 aliphatic rings. The van der Waals surface area contributed by atoms with Crippen LogP contribution in [0.5, 0.6) is 0 Å². The van der Waals surface area contributed by atoms with Gasteiger partial charge in [-0.15, -0.1) is 0 Å². The molecule has 0 saturated carbocycles. The number of carbonyl (C=O) groups is 1. The highest BCUT2D eigenvalue weighted by Gasteiger charge is 2.10. The fourth-order valence-electron chi connectivity index (χ4n) is 2.55. The molecule has 4 nitrogen and oxygen atoms in total. The second-order valence-electron chi connectivity index (χ2n) is 4.99. The Kier molecular flexibility index (Phi) is 3.36. The maximum Gasteiger partial charge on any atom is 0.336 e. The number of hydrogen-bond donors (Lipinski definition) is 3. The van der Waals surface area contributed by atoms with Crippen molar-refractivity contribution in [3.63, 3.8) is 0 Å². The molecular formula is C17H16N2O2. The van der Waals surface area contributed by atoms with E-state index in [1.165, 1.54) is 10.9 Å². The summed E-state index contributed by atoms with van der Waals surface area (Å²) in [7, 11) is 0. The molecule has 0 spiro atoms. The van der Waals surface area contributed by atoms with E-state index in [0.29, 0.717) is 12.1 Å². The lowest BCUT2D eigenvalue weighted by molar-refractivity contribution is 0.0696. The van der Waals surface area contributed by atoms with Crippen molar-refractivity contribution in [1.29, 1.82) is 0 Å². The van der Waals surface area contributed by atoms with Crippen LogP contribution in [0.15, 0.2) is 48.7 Å². The summed E-state index contributed by atoms with van der Waals surface area (Å²) >= 11 is 0. The lowest BCUT2D eigenvalue weighted by Gasteiger charge is -2.12. The number of anilines is 1. The van der Waals surface area contributed by atoms with Gasteiger partial charge in [-0.3, -0.25) is 0 Å². The van der Waals surface area contributed by atoms with Crippen LogP contribution in [0, 0.1) is 6.92 Å². The summed E-state index contributed by atoms with van der Waals surface area (Å²) in [6, 6.07) is 13.4. The number of nitrogens with one attached hydrogen (secondary N) is 2. The molecule has 0 atom stereocenters. The van der Waals surface area contributed by atoms with Gasteiger partial charge in [0.25, 0.3) is 0 Å². The van der Waals surface area contributed by atoms with Gasteiger partial charge in [-0.1, -0.05) is 18.2 Å². The standard InChI is InChI=1S/C17H16N2O2/c1-11-13(17(20)21)5-3-6-15(11)19-10-12-4-2-7-16-14(12)8-9-18-16/h2-9,18-19H,10H2,1H3,(H,20,21). The third-order valence-electron chi connectivity index (χ3n) is 3.72. The Bertz CT molecular complexity index is 805. The van der Waals surface area contributed by atoms with Crippen LogP contribution in [-0.4, -0.2) is 16.1 Å². The van der Waals surface area contributed by atoms with E-state index in [9.17, 15) is 4.79 Å². The minimum Gasteiger partial charge on any atom is -0.478 e. The molecule has 0 aliphatic heterocycles.